The Balaban J connectivity index is 1.53. The summed E-state index contributed by atoms with van der Waals surface area (Å²) in [5.41, 5.74) is 15.4. The standard InChI is InChI=1S/C25H21ClN8O/c1-15-11-22(31-25(27)29-15)32-33-24(35)19-12-21(17-5-3-2-4-6-17)30-23-20(19)13-28-34(23)14-16-7-9-18(26)10-8-16/h2-13H,14H2,1H3,(H,33,35)(H3,27,29,31,32). The highest BCUT2D eigenvalue weighted by Gasteiger charge is 2.18. The van der Waals surface area contributed by atoms with Crippen molar-refractivity contribution in [2.24, 2.45) is 0 Å². The van der Waals surface area contributed by atoms with Gasteiger partial charge in [0.1, 0.15) is 5.82 Å². The van der Waals surface area contributed by atoms with E-state index in [1.807, 2.05) is 54.6 Å². The number of halogens is 1. The Morgan fingerprint density at radius 3 is 2.54 bits per heavy atom. The fourth-order valence-electron chi connectivity index (χ4n) is 3.71. The number of nitrogens with zero attached hydrogens (tertiary/aromatic N) is 5. The second-order valence-corrected chi connectivity index (χ2v) is 8.36. The minimum atomic E-state index is -0.365. The van der Waals surface area contributed by atoms with Crippen molar-refractivity contribution in [3.63, 3.8) is 0 Å². The molecule has 2 aromatic carbocycles. The van der Waals surface area contributed by atoms with Crippen LogP contribution in [0.25, 0.3) is 22.3 Å². The first kappa shape index (κ1) is 22.3. The Morgan fingerprint density at radius 2 is 1.80 bits per heavy atom. The molecule has 0 fully saturated rings. The lowest BCUT2D eigenvalue weighted by Crippen LogP contribution is -2.30. The van der Waals surface area contributed by atoms with E-state index in [0.717, 1.165) is 11.1 Å². The number of carbonyl (C=O) groups excluding carboxylic acids is 1. The molecule has 0 saturated carbocycles. The first-order chi connectivity index (χ1) is 17.0. The van der Waals surface area contributed by atoms with Crippen LogP contribution in [0.4, 0.5) is 11.8 Å². The Morgan fingerprint density at radius 1 is 1.03 bits per heavy atom. The lowest BCUT2D eigenvalue weighted by atomic mass is 10.1. The van der Waals surface area contributed by atoms with Crippen LogP contribution in [0, 0.1) is 6.92 Å². The first-order valence-corrected chi connectivity index (χ1v) is 11.2. The summed E-state index contributed by atoms with van der Waals surface area (Å²) in [6, 6.07) is 20.6. The molecule has 9 nitrogen and oxygen atoms in total. The number of hydrazine groups is 1. The monoisotopic (exact) mass is 484 g/mol. The number of fused-ring (bicyclic) bond motifs is 1. The van der Waals surface area contributed by atoms with Gasteiger partial charge in [0.15, 0.2) is 5.65 Å². The molecule has 5 rings (SSSR count). The number of hydrogen-bond donors (Lipinski definition) is 3. The summed E-state index contributed by atoms with van der Waals surface area (Å²) in [4.78, 5) is 26.2. The number of nitrogen functional groups attached to an aromatic ring is 1. The molecule has 3 heterocycles. The SMILES string of the molecule is Cc1cc(NNC(=O)c2cc(-c3ccccc3)nc3c2cnn3Cc2ccc(Cl)cc2)nc(N)n1. The third-order valence-electron chi connectivity index (χ3n) is 5.34. The van der Waals surface area contributed by atoms with E-state index < -0.39 is 0 Å². The van der Waals surface area contributed by atoms with Crippen molar-refractivity contribution >= 4 is 40.3 Å². The number of pyridine rings is 1. The minimum absolute atomic E-state index is 0.114. The van der Waals surface area contributed by atoms with Crippen molar-refractivity contribution in [2.75, 3.05) is 11.2 Å². The summed E-state index contributed by atoms with van der Waals surface area (Å²) in [5.74, 6) is 0.133. The number of aryl methyl sites for hydroxylation is 1. The van der Waals surface area contributed by atoms with Gasteiger partial charge in [0.25, 0.3) is 5.91 Å². The third kappa shape index (κ3) is 4.90. The Kier molecular flexibility index (Phi) is 5.99. The maximum atomic E-state index is 13.3. The average Bonchev–Trinajstić information content (AvgIpc) is 3.26. The number of nitrogens with one attached hydrogen (secondary N) is 2. The van der Waals surface area contributed by atoms with Crippen LogP contribution >= 0.6 is 11.6 Å². The summed E-state index contributed by atoms with van der Waals surface area (Å²) in [7, 11) is 0. The highest BCUT2D eigenvalue weighted by atomic mass is 35.5. The molecule has 10 heteroatoms. The average molecular weight is 485 g/mol. The van der Waals surface area contributed by atoms with E-state index in [4.69, 9.17) is 22.3 Å². The van der Waals surface area contributed by atoms with E-state index in [9.17, 15) is 4.79 Å². The molecule has 0 saturated heterocycles. The fraction of sp³-hybridized carbons (Fsp3) is 0.0800. The zero-order valence-electron chi connectivity index (χ0n) is 18.7. The number of benzene rings is 2. The Bertz CT molecular complexity index is 1500. The molecular formula is C25H21ClN8O. The van der Waals surface area contributed by atoms with Crippen LogP contribution in [0.5, 0.6) is 0 Å². The van der Waals surface area contributed by atoms with Gasteiger partial charge in [0, 0.05) is 22.3 Å². The summed E-state index contributed by atoms with van der Waals surface area (Å²) < 4.78 is 1.77. The van der Waals surface area contributed by atoms with Gasteiger partial charge < -0.3 is 5.73 Å². The van der Waals surface area contributed by atoms with Crippen molar-refractivity contribution in [2.45, 2.75) is 13.5 Å². The highest BCUT2D eigenvalue weighted by molar-refractivity contribution is 6.30. The van der Waals surface area contributed by atoms with E-state index in [2.05, 4.69) is 25.9 Å². The van der Waals surface area contributed by atoms with Gasteiger partial charge in [-0.25, -0.2) is 14.6 Å². The molecule has 0 aliphatic rings. The molecule has 3 aromatic heterocycles. The maximum absolute atomic E-state index is 13.3. The fourth-order valence-corrected chi connectivity index (χ4v) is 3.84. The number of rotatable bonds is 6. The molecule has 0 atom stereocenters. The molecule has 0 unspecified atom stereocenters. The summed E-state index contributed by atoms with van der Waals surface area (Å²) >= 11 is 6.02. The van der Waals surface area contributed by atoms with Gasteiger partial charge in [-0.05, 0) is 30.7 Å². The summed E-state index contributed by atoms with van der Waals surface area (Å²) in [6.07, 6.45) is 1.65. The number of amides is 1. The van der Waals surface area contributed by atoms with Gasteiger partial charge in [0.05, 0.1) is 29.4 Å². The highest BCUT2D eigenvalue weighted by Crippen LogP contribution is 2.25. The van der Waals surface area contributed by atoms with Gasteiger partial charge in [-0.1, -0.05) is 54.1 Å². The zero-order chi connectivity index (χ0) is 24.4. The van der Waals surface area contributed by atoms with Crippen LogP contribution in [-0.4, -0.2) is 30.6 Å². The van der Waals surface area contributed by atoms with E-state index >= 15 is 0 Å². The molecule has 4 N–H and O–H groups in total. The Hall–Kier alpha value is -4.50. The van der Waals surface area contributed by atoms with Crippen LogP contribution in [0.3, 0.4) is 0 Å². The van der Waals surface area contributed by atoms with Crippen LogP contribution in [-0.2, 0) is 6.54 Å². The molecular weight excluding hydrogens is 464 g/mol. The predicted octanol–water partition coefficient (Wildman–Crippen LogP) is 4.24. The van der Waals surface area contributed by atoms with E-state index in [0.29, 0.717) is 45.4 Å². The van der Waals surface area contributed by atoms with Crippen LogP contribution < -0.4 is 16.6 Å². The molecule has 0 spiro atoms. The quantitative estimate of drug-likeness (QED) is 0.308. The van der Waals surface area contributed by atoms with Crippen molar-refractivity contribution in [3.05, 3.63) is 94.8 Å². The molecule has 0 aliphatic carbocycles. The molecule has 5 aromatic rings. The Labute approximate surface area is 206 Å². The molecule has 174 valence electrons. The van der Waals surface area contributed by atoms with Crippen LogP contribution in [0.15, 0.2) is 72.9 Å². The molecule has 0 aliphatic heterocycles. The summed E-state index contributed by atoms with van der Waals surface area (Å²) in [6.45, 7) is 2.27. The van der Waals surface area contributed by atoms with Crippen molar-refractivity contribution in [3.8, 4) is 11.3 Å². The van der Waals surface area contributed by atoms with E-state index in [1.54, 1.807) is 29.9 Å². The lowest BCUT2D eigenvalue weighted by molar-refractivity contribution is 0.0964. The van der Waals surface area contributed by atoms with Crippen molar-refractivity contribution in [1.82, 2.24) is 30.2 Å². The van der Waals surface area contributed by atoms with E-state index in [1.165, 1.54) is 0 Å². The normalized spacial score (nSPS) is 10.9. The lowest BCUT2D eigenvalue weighted by Gasteiger charge is -2.11. The van der Waals surface area contributed by atoms with Gasteiger partial charge in [-0.15, -0.1) is 0 Å². The van der Waals surface area contributed by atoms with Crippen molar-refractivity contribution < 1.29 is 4.79 Å². The number of nitrogens with two attached hydrogens (primary N) is 1. The van der Waals surface area contributed by atoms with Crippen molar-refractivity contribution in [1.29, 1.82) is 0 Å². The second-order valence-electron chi connectivity index (χ2n) is 7.92. The maximum Gasteiger partial charge on any atom is 0.270 e. The van der Waals surface area contributed by atoms with Crippen LogP contribution in [0.1, 0.15) is 21.6 Å². The number of hydrogen-bond acceptors (Lipinski definition) is 7. The second kappa shape index (κ2) is 9.40. The van der Waals surface area contributed by atoms with Gasteiger partial charge in [0.2, 0.25) is 5.95 Å². The number of anilines is 2. The number of carbonyl (C=O) groups is 1. The largest absolute Gasteiger partial charge is 0.368 e. The first-order valence-electron chi connectivity index (χ1n) is 10.8. The minimum Gasteiger partial charge on any atom is -0.368 e. The van der Waals surface area contributed by atoms with Gasteiger partial charge >= 0.3 is 0 Å². The van der Waals surface area contributed by atoms with Gasteiger partial charge in [-0.3, -0.25) is 15.6 Å². The van der Waals surface area contributed by atoms with Crippen LogP contribution in [0.2, 0.25) is 5.02 Å². The zero-order valence-corrected chi connectivity index (χ0v) is 19.5. The summed E-state index contributed by atoms with van der Waals surface area (Å²) in [5, 5.41) is 5.80. The molecule has 35 heavy (non-hydrogen) atoms. The molecule has 0 bridgehead atoms. The number of aromatic nitrogens is 5. The third-order valence-corrected chi connectivity index (χ3v) is 5.60. The van der Waals surface area contributed by atoms with Gasteiger partial charge in [-0.2, -0.15) is 10.1 Å². The topological polar surface area (TPSA) is 124 Å². The van der Waals surface area contributed by atoms with E-state index in [-0.39, 0.29) is 11.9 Å². The smallest absolute Gasteiger partial charge is 0.270 e. The molecule has 0 radical (unpaired) electrons. The predicted molar refractivity (Wildman–Crippen MR) is 136 cm³/mol. The molecule has 1 amide bonds.